The molecule has 1 aromatic carbocycles. The third-order valence-corrected chi connectivity index (χ3v) is 4.51. The van der Waals surface area contributed by atoms with Gasteiger partial charge >= 0.3 is 0 Å². The van der Waals surface area contributed by atoms with E-state index in [9.17, 15) is 9.18 Å². The minimum Gasteiger partial charge on any atom is -0.353 e. The van der Waals surface area contributed by atoms with Crippen molar-refractivity contribution in [1.29, 1.82) is 0 Å². The van der Waals surface area contributed by atoms with Crippen LogP contribution in [-0.2, 0) is 0 Å². The molecule has 1 heterocycles. The third-order valence-electron chi connectivity index (χ3n) is 2.31. The first-order valence-electron chi connectivity index (χ1n) is 5.46. The van der Waals surface area contributed by atoms with Gasteiger partial charge in [0, 0.05) is 19.7 Å². The molecule has 0 atom stereocenters. The Hall–Kier alpha value is -1.47. The Morgan fingerprint density at radius 2 is 2.11 bits per heavy atom. The second-order valence-corrected chi connectivity index (χ2v) is 6.29. The van der Waals surface area contributed by atoms with Gasteiger partial charge in [0.1, 0.15) is 5.82 Å². The summed E-state index contributed by atoms with van der Waals surface area (Å²) in [4.78, 5) is 13.4. The zero-order chi connectivity index (χ0) is 14.0. The van der Waals surface area contributed by atoms with Crippen molar-refractivity contribution in [2.75, 3.05) is 19.0 Å². The Morgan fingerprint density at radius 1 is 1.37 bits per heavy atom. The van der Waals surface area contributed by atoms with E-state index in [0.717, 1.165) is 5.13 Å². The van der Waals surface area contributed by atoms with E-state index in [4.69, 9.17) is 0 Å². The highest BCUT2D eigenvalue weighted by molar-refractivity contribution is 8.01. The fraction of sp³-hybridized carbons (Fsp3) is 0.250. The first-order chi connectivity index (χ1) is 8.97. The molecule has 0 radical (unpaired) electrons. The molecular weight excluding hydrogens is 285 g/mol. The summed E-state index contributed by atoms with van der Waals surface area (Å²) < 4.78 is 14.5. The number of nitrogens with zero attached hydrogens (tertiary/aromatic N) is 3. The lowest BCUT2D eigenvalue weighted by molar-refractivity contribution is 0.101. The minimum atomic E-state index is -0.417. The van der Waals surface area contributed by atoms with Crippen molar-refractivity contribution in [2.45, 2.75) is 16.2 Å². The number of anilines is 1. The molecule has 0 amide bonds. The monoisotopic (exact) mass is 297 g/mol. The van der Waals surface area contributed by atoms with Crippen LogP contribution in [0.15, 0.2) is 27.4 Å². The molecule has 0 bridgehead atoms. The number of ketones is 1. The molecule has 100 valence electrons. The maximum Gasteiger partial charge on any atom is 0.208 e. The highest BCUT2D eigenvalue weighted by atomic mass is 32.2. The van der Waals surface area contributed by atoms with Crippen molar-refractivity contribution in [2.24, 2.45) is 0 Å². The van der Waals surface area contributed by atoms with Crippen LogP contribution in [0.25, 0.3) is 0 Å². The van der Waals surface area contributed by atoms with Crippen molar-refractivity contribution in [3.8, 4) is 0 Å². The number of hydrogen-bond acceptors (Lipinski definition) is 6. The Morgan fingerprint density at radius 3 is 2.63 bits per heavy atom. The second kappa shape index (κ2) is 5.66. The average molecular weight is 297 g/mol. The van der Waals surface area contributed by atoms with E-state index in [-0.39, 0.29) is 5.78 Å². The third kappa shape index (κ3) is 3.30. The first kappa shape index (κ1) is 14.0. The summed E-state index contributed by atoms with van der Waals surface area (Å²) in [6.45, 7) is 1.41. The predicted molar refractivity (Wildman–Crippen MR) is 74.8 cm³/mol. The molecule has 0 aliphatic rings. The highest BCUT2D eigenvalue weighted by Crippen LogP contribution is 2.34. The quantitative estimate of drug-likeness (QED) is 0.812. The van der Waals surface area contributed by atoms with Gasteiger partial charge in [0.15, 0.2) is 10.1 Å². The number of benzene rings is 1. The topological polar surface area (TPSA) is 46.1 Å². The molecule has 7 heteroatoms. The molecule has 0 N–H and O–H groups in total. The molecular formula is C12H12FN3OS2. The summed E-state index contributed by atoms with van der Waals surface area (Å²) in [5, 5.41) is 8.74. The van der Waals surface area contributed by atoms with Crippen molar-refractivity contribution < 1.29 is 9.18 Å². The van der Waals surface area contributed by atoms with Crippen LogP contribution >= 0.6 is 23.1 Å². The van der Waals surface area contributed by atoms with Crippen molar-refractivity contribution in [1.82, 2.24) is 10.2 Å². The first-order valence-corrected chi connectivity index (χ1v) is 7.10. The summed E-state index contributed by atoms with van der Waals surface area (Å²) in [6, 6.07) is 4.45. The van der Waals surface area contributed by atoms with E-state index in [2.05, 4.69) is 10.2 Å². The lowest BCUT2D eigenvalue weighted by atomic mass is 10.1. The predicted octanol–water partition coefficient (Wildman–Crippen LogP) is 3.10. The van der Waals surface area contributed by atoms with Crippen LogP contribution in [0.1, 0.15) is 17.3 Å². The normalized spacial score (nSPS) is 10.5. The van der Waals surface area contributed by atoms with E-state index < -0.39 is 5.82 Å². The fourth-order valence-corrected chi connectivity index (χ4v) is 3.05. The van der Waals surface area contributed by atoms with Gasteiger partial charge in [0.2, 0.25) is 5.13 Å². The Balaban J connectivity index is 2.20. The molecule has 19 heavy (non-hydrogen) atoms. The number of rotatable bonds is 4. The summed E-state index contributed by atoms with van der Waals surface area (Å²) in [5.41, 5.74) is 0.369. The molecule has 0 spiro atoms. The largest absolute Gasteiger partial charge is 0.353 e. The molecule has 0 saturated carbocycles. The smallest absolute Gasteiger partial charge is 0.208 e. The number of aromatic nitrogens is 2. The van der Waals surface area contributed by atoms with E-state index in [1.807, 2.05) is 19.0 Å². The molecule has 0 unspecified atom stereocenters. The van der Waals surface area contributed by atoms with E-state index in [0.29, 0.717) is 14.8 Å². The molecule has 4 nitrogen and oxygen atoms in total. The minimum absolute atomic E-state index is 0.152. The van der Waals surface area contributed by atoms with Crippen molar-refractivity contribution >= 4 is 34.0 Å². The van der Waals surface area contributed by atoms with Crippen LogP contribution in [0, 0.1) is 5.82 Å². The number of hydrogen-bond donors (Lipinski definition) is 0. The average Bonchev–Trinajstić information content (AvgIpc) is 2.80. The van der Waals surface area contributed by atoms with Gasteiger partial charge in [-0.2, -0.15) is 0 Å². The van der Waals surface area contributed by atoms with Gasteiger partial charge in [0.25, 0.3) is 0 Å². The molecule has 0 saturated heterocycles. The molecule has 0 aliphatic heterocycles. The van der Waals surface area contributed by atoms with Crippen LogP contribution in [0.5, 0.6) is 0 Å². The van der Waals surface area contributed by atoms with Gasteiger partial charge in [-0.25, -0.2) is 4.39 Å². The summed E-state index contributed by atoms with van der Waals surface area (Å²) in [6.07, 6.45) is 0. The van der Waals surface area contributed by atoms with Crippen LogP contribution < -0.4 is 4.90 Å². The standard InChI is InChI=1S/C12H12FN3OS2/c1-7(17)8-4-5-10(9(13)6-8)18-12-15-14-11(19-12)16(2)3/h4-6H,1-3H3. The van der Waals surface area contributed by atoms with E-state index >= 15 is 0 Å². The Labute approximate surface area is 118 Å². The summed E-state index contributed by atoms with van der Waals surface area (Å²) >= 11 is 2.59. The van der Waals surface area contributed by atoms with E-state index in [1.165, 1.54) is 36.1 Å². The van der Waals surface area contributed by atoms with Gasteiger partial charge in [-0.05, 0) is 19.1 Å². The highest BCUT2D eigenvalue weighted by Gasteiger charge is 2.12. The van der Waals surface area contributed by atoms with Gasteiger partial charge < -0.3 is 4.90 Å². The van der Waals surface area contributed by atoms with Gasteiger partial charge in [-0.3, -0.25) is 4.79 Å². The van der Waals surface area contributed by atoms with E-state index in [1.54, 1.807) is 12.1 Å². The van der Waals surface area contributed by atoms with Crippen LogP contribution in [0.3, 0.4) is 0 Å². The van der Waals surface area contributed by atoms with Crippen molar-refractivity contribution in [3.63, 3.8) is 0 Å². The van der Waals surface area contributed by atoms with Crippen LogP contribution in [0.4, 0.5) is 9.52 Å². The number of carbonyl (C=O) groups is 1. The lowest BCUT2D eigenvalue weighted by Gasteiger charge is -2.04. The maximum absolute atomic E-state index is 13.8. The zero-order valence-electron chi connectivity index (χ0n) is 10.7. The summed E-state index contributed by atoms with van der Waals surface area (Å²) in [7, 11) is 3.74. The van der Waals surface area contributed by atoms with Gasteiger partial charge in [-0.1, -0.05) is 29.2 Å². The zero-order valence-corrected chi connectivity index (χ0v) is 12.3. The fourth-order valence-electron chi connectivity index (χ4n) is 1.32. The maximum atomic E-state index is 13.8. The molecule has 2 rings (SSSR count). The second-order valence-electron chi connectivity index (χ2n) is 4.05. The van der Waals surface area contributed by atoms with Crippen molar-refractivity contribution in [3.05, 3.63) is 29.6 Å². The Kier molecular flexibility index (Phi) is 4.16. The number of Topliss-reactive ketones (excluding diaryl/α,β-unsaturated/α-hetero) is 1. The molecule has 0 fully saturated rings. The van der Waals surface area contributed by atoms with Gasteiger partial charge in [0.05, 0.1) is 4.90 Å². The Bertz CT molecular complexity index is 613. The number of halogens is 1. The van der Waals surface area contributed by atoms with Crippen LogP contribution in [0.2, 0.25) is 0 Å². The van der Waals surface area contributed by atoms with Gasteiger partial charge in [-0.15, -0.1) is 10.2 Å². The number of carbonyl (C=O) groups excluding carboxylic acids is 1. The lowest BCUT2D eigenvalue weighted by Crippen LogP contribution is -2.07. The van der Waals surface area contributed by atoms with Crippen LogP contribution in [-0.4, -0.2) is 30.1 Å². The molecule has 0 aliphatic carbocycles. The summed E-state index contributed by atoms with van der Waals surface area (Å²) in [5.74, 6) is -0.569. The SMILES string of the molecule is CC(=O)c1ccc(Sc2nnc(N(C)C)s2)c(F)c1. The molecule has 2 aromatic rings. The molecule has 1 aromatic heterocycles.